The van der Waals surface area contributed by atoms with Crippen LogP contribution in [0.25, 0.3) is 11.1 Å². The van der Waals surface area contributed by atoms with Gasteiger partial charge in [0.1, 0.15) is 0 Å². The van der Waals surface area contributed by atoms with Gasteiger partial charge in [0.05, 0.1) is 0 Å². The van der Waals surface area contributed by atoms with Gasteiger partial charge in [0.25, 0.3) is 5.91 Å². The number of carbonyl (C=O) groups excluding carboxylic acids is 1. The van der Waals surface area contributed by atoms with E-state index in [-0.39, 0.29) is 5.91 Å². The Balaban J connectivity index is 1.53. The Morgan fingerprint density at radius 1 is 0.750 bits per heavy atom. The van der Waals surface area contributed by atoms with Gasteiger partial charge < -0.3 is 10.2 Å². The molecule has 0 heterocycles. The topological polar surface area (TPSA) is 32.3 Å². The van der Waals surface area contributed by atoms with Crippen LogP contribution in [-0.4, -0.2) is 37.0 Å². The molecule has 3 rings (SSSR count). The van der Waals surface area contributed by atoms with E-state index in [9.17, 15) is 4.79 Å². The molecule has 192 valence electrons. The summed E-state index contributed by atoms with van der Waals surface area (Å²) in [6, 6.07) is 27.7. The van der Waals surface area contributed by atoms with E-state index in [0.717, 1.165) is 38.0 Å². The maximum absolute atomic E-state index is 12.7. The van der Waals surface area contributed by atoms with Gasteiger partial charge in [-0.3, -0.25) is 4.79 Å². The Labute approximate surface area is 218 Å². The maximum Gasteiger partial charge on any atom is 0.251 e. The van der Waals surface area contributed by atoms with E-state index in [1.54, 1.807) is 0 Å². The molecule has 0 radical (unpaired) electrons. The van der Waals surface area contributed by atoms with E-state index in [1.807, 2.05) is 12.1 Å². The summed E-state index contributed by atoms with van der Waals surface area (Å²) in [7, 11) is 0. The molecule has 1 atom stereocenters. The molecule has 3 aromatic carbocycles. The fourth-order valence-electron chi connectivity index (χ4n) is 4.68. The van der Waals surface area contributed by atoms with Crippen LogP contribution in [-0.2, 0) is 6.42 Å². The van der Waals surface area contributed by atoms with Crippen LogP contribution in [0.5, 0.6) is 0 Å². The number of amides is 1. The zero-order chi connectivity index (χ0) is 25.6. The predicted molar refractivity (Wildman–Crippen MR) is 154 cm³/mol. The molecular formula is C33H44N2O. The van der Waals surface area contributed by atoms with Gasteiger partial charge in [-0.2, -0.15) is 0 Å². The Bertz CT molecular complexity index is 1000. The van der Waals surface area contributed by atoms with E-state index >= 15 is 0 Å². The second-order valence-electron chi connectivity index (χ2n) is 9.80. The van der Waals surface area contributed by atoms with Crippen LogP contribution in [0.2, 0.25) is 0 Å². The largest absolute Gasteiger partial charge is 0.351 e. The minimum Gasteiger partial charge on any atom is -0.351 e. The smallest absolute Gasteiger partial charge is 0.251 e. The van der Waals surface area contributed by atoms with Crippen LogP contribution in [0.4, 0.5) is 0 Å². The lowest BCUT2D eigenvalue weighted by Crippen LogP contribution is -2.36. The van der Waals surface area contributed by atoms with Gasteiger partial charge >= 0.3 is 0 Å². The summed E-state index contributed by atoms with van der Waals surface area (Å²) in [6.45, 7) is 10.6. The third kappa shape index (κ3) is 8.64. The summed E-state index contributed by atoms with van der Waals surface area (Å²) in [5.41, 5.74) is 5.89. The lowest BCUT2D eigenvalue weighted by Gasteiger charge is -2.22. The van der Waals surface area contributed by atoms with Crippen molar-refractivity contribution in [3.63, 3.8) is 0 Å². The van der Waals surface area contributed by atoms with Gasteiger partial charge in [0.2, 0.25) is 0 Å². The van der Waals surface area contributed by atoms with Crippen LogP contribution in [0.3, 0.4) is 0 Å². The van der Waals surface area contributed by atoms with E-state index in [0.29, 0.717) is 12.5 Å². The second-order valence-corrected chi connectivity index (χ2v) is 9.80. The molecular weight excluding hydrogens is 440 g/mol. The number of hydrogen-bond acceptors (Lipinski definition) is 2. The monoisotopic (exact) mass is 484 g/mol. The van der Waals surface area contributed by atoms with E-state index in [1.165, 1.54) is 47.9 Å². The van der Waals surface area contributed by atoms with Gasteiger partial charge in [0.15, 0.2) is 0 Å². The highest BCUT2D eigenvalue weighted by Crippen LogP contribution is 2.26. The third-order valence-electron chi connectivity index (χ3n) is 7.05. The average Bonchev–Trinajstić information content (AvgIpc) is 2.93. The first-order chi connectivity index (χ1) is 17.6. The highest BCUT2D eigenvalue weighted by molar-refractivity contribution is 5.94. The molecule has 3 heteroatoms. The summed E-state index contributed by atoms with van der Waals surface area (Å²) < 4.78 is 0. The molecule has 0 aliphatic carbocycles. The lowest BCUT2D eigenvalue weighted by molar-refractivity contribution is 0.0948. The molecule has 0 spiro atoms. The van der Waals surface area contributed by atoms with Crippen molar-refractivity contribution >= 4 is 5.91 Å². The number of benzene rings is 3. The molecule has 0 saturated heterocycles. The zero-order valence-corrected chi connectivity index (χ0v) is 22.5. The Morgan fingerprint density at radius 3 is 1.94 bits per heavy atom. The fraction of sp³-hybridized carbons (Fsp3) is 0.424. The molecule has 0 aliphatic rings. The van der Waals surface area contributed by atoms with Crippen LogP contribution in [0, 0.1) is 0 Å². The first kappa shape index (κ1) is 27.7. The van der Waals surface area contributed by atoms with Gasteiger partial charge in [-0.1, -0.05) is 100 Å². The van der Waals surface area contributed by atoms with Crippen molar-refractivity contribution in [3.8, 4) is 11.1 Å². The zero-order valence-electron chi connectivity index (χ0n) is 22.5. The normalized spacial score (nSPS) is 12.0. The third-order valence-corrected chi connectivity index (χ3v) is 7.05. The molecule has 3 nitrogen and oxygen atoms in total. The minimum atomic E-state index is 0.0250. The Hall–Kier alpha value is -2.91. The maximum atomic E-state index is 12.7. The van der Waals surface area contributed by atoms with Crippen molar-refractivity contribution in [2.45, 2.75) is 65.2 Å². The SMILES string of the molecule is CCCCN(CCCC)CCNC(=O)c1ccc(C(CC)Cc2ccc(-c3ccccc3)cc2)cc1. The number of rotatable bonds is 15. The molecule has 0 aromatic heterocycles. The average molecular weight is 485 g/mol. The van der Waals surface area contributed by atoms with E-state index in [4.69, 9.17) is 0 Å². The van der Waals surface area contributed by atoms with Crippen LogP contribution >= 0.6 is 0 Å². The van der Waals surface area contributed by atoms with Crippen LogP contribution in [0.15, 0.2) is 78.9 Å². The second kappa shape index (κ2) is 15.3. The molecule has 0 aliphatic heterocycles. The van der Waals surface area contributed by atoms with Crippen molar-refractivity contribution < 1.29 is 4.79 Å². The number of hydrogen-bond donors (Lipinski definition) is 1. The Kier molecular flexibility index (Phi) is 11.7. The molecule has 1 amide bonds. The van der Waals surface area contributed by atoms with Gasteiger partial charge in [0, 0.05) is 18.7 Å². The van der Waals surface area contributed by atoms with Gasteiger partial charge in [-0.15, -0.1) is 0 Å². The summed E-state index contributed by atoms with van der Waals surface area (Å²) >= 11 is 0. The number of nitrogens with zero attached hydrogens (tertiary/aromatic N) is 1. The van der Waals surface area contributed by atoms with E-state index in [2.05, 4.69) is 97.7 Å². The summed E-state index contributed by atoms with van der Waals surface area (Å²) in [5, 5.41) is 3.12. The number of carbonyl (C=O) groups is 1. The molecule has 1 N–H and O–H groups in total. The number of unbranched alkanes of at least 4 members (excludes halogenated alkanes) is 2. The summed E-state index contributed by atoms with van der Waals surface area (Å²) in [6.07, 6.45) is 6.92. The standard InChI is InChI=1S/C33H44N2O/c1-4-7-23-35(24-8-5-2)25-22-34-33(36)32-20-18-30(19-21-32)28(6-3)26-27-14-16-31(17-15-27)29-12-10-9-11-13-29/h9-21,28H,4-8,22-26H2,1-3H3,(H,34,36). The Morgan fingerprint density at radius 2 is 1.36 bits per heavy atom. The minimum absolute atomic E-state index is 0.0250. The number of nitrogens with one attached hydrogen (secondary N) is 1. The van der Waals surface area contributed by atoms with Crippen molar-refractivity contribution in [1.82, 2.24) is 10.2 Å². The van der Waals surface area contributed by atoms with Gasteiger partial charge in [-0.05, 0) is 79.1 Å². The fourth-order valence-corrected chi connectivity index (χ4v) is 4.68. The quantitative estimate of drug-likeness (QED) is 0.239. The first-order valence-electron chi connectivity index (χ1n) is 13.9. The van der Waals surface area contributed by atoms with Crippen molar-refractivity contribution in [1.29, 1.82) is 0 Å². The molecule has 36 heavy (non-hydrogen) atoms. The van der Waals surface area contributed by atoms with Crippen LogP contribution < -0.4 is 5.32 Å². The van der Waals surface area contributed by atoms with Crippen molar-refractivity contribution in [3.05, 3.63) is 95.6 Å². The molecule has 0 fully saturated rings. The molecule has 3 aromatic rings. The molecule has 0 bridgehead atoms. The summed E-state index contributed by atoms with van der Waals surface area (Å²) in [5.74, 6) is 0.465. The highest BCUT2D eigenvalue weighted by Gasteiger charge is 2.13. The molecule has 0 saturated carbocycles. The lowest BCUT2D eigenvalue weighted by atomic mass is 9.89. The van der Waals surface area contributed by atoms with Crippen molar-refractivity contribution in [2.24, 2.45) is 0 Å². The first-order valence-corrected chi connectivity index (χ1v) is 13.9. The molecule has 1 unspecified atom stereocenters. The predicted octanol–water partition coefficient (Wildman–Crippen LogP) is 7.72. The van der Waals surface area contributed by atoms with Crippen molar-refractivity contribution in [2.75, 3.05) is 26.2 Å². The summed E-state index contributed by atoms with van der Waals surface area (Å²) in [4.78, 5) is 15.2. The highest BCUT2D eigenvalue weighted by atomic mass is 16.1. The van der Waals surface area contributed by atoms with Crippen LogP contribution in [0.1, 0.15) is 80.3 Å². The van der Waals surface area contributed by atoms with Gasteiger partial charge in [-0.25, -0.2) is 0 Å². The van der Waals surface area contributed by atoms with E-state index < -0.39 is 0 Å².